The van der Waals surface area contributed by atoms with Gasteiger partial charge in [-0.3, -0.25) is 19.2 Å². The normalized spacial score (nSPS) is 11.4. The Kier molecular flexibility index (Phi) is 23.7. The number of carbonyl (C=O) groups excluding carboxylic acids is 2. The Morgan fingerprint density at radius 1 is 0.534 bits per heavy atom. The summed E-state index contributed by atoms with van der Waals surface area (Å²) in [5.41, 5.74) is 14.9. The Bertz CT molecular complexity index is 4570. The fourth-order valence-electron chi connectivity index (χ4n) is 11.0. The number of nitrogens with zero attached hydrogens (tertiary/aromatic N) is 3. The van der Waals surface area contributed by atoms with Gasteiger partial charge in [0.1, 0.15) is 6.73 Å². The van der Waals surface area contributed by atoms with Crippen LogP contribution in [0, 0.1) is 6.07 Å². The summed E-state index contributed by atoms with van der Waals surface area (Å²) < 4.78 is 12.5. The Balaban J connectivity index is 0.000000176. The van der Waals surface area contributed by atoms with E-state index in [2.05, 4.69) is 96.0 Å². The molecular formula is C74H59BrClMgN4NaO6. The van der Waals surface area contributed by atoms with E-state index in [9.17, 15) is 19.2 Å². The standard InChI is InChI=1S/C28H18N2.C21H19NO4.C17H11NO2.C6H5.C2H5Cl.BrH.Mg.Na.H/c1-3-11-19(12-4-1)25-21-15-7-9-17-23(21)30-28-26(20-13-5-2-6-14-20)22-16-8-10-18-24(22)29-27(25)28;1-25-10-11-26-13-22-18-9-5-4-8-16(18)20(23)17-12-14-6-2-3-7-15(14)21(24)19(17)22;19-16-12-7-3-4-8-14(12)18-15-13(16)9-10-5-1-2-6-11(10)17(15)20;1-2-4-6-5-3-1;1-2-3;;;;/h1-18H;2-9H,10-13H2,1H3;1-8H,9H2,(H,18,19);1-5H;2H2,1H3;1H;;;/q;;;-1;;;+2;+1;-1/p-1. The van der Waals surface area contributed by atoms with Crippen LogP contribution in [0.15, 0.2) is 246 Å². The molecule has 9 aromatic carbocycles. The monoisotopic (exact) mass is 1260 g/mol. The van der Waals surface area contributed by atoms with Crippen molar-refractivity contribution in [2.75, 3.05) is 26.2 Å². The molecule has 0 unspecified atom stereocenters. The zero-order chi connectivity index (χ0) is 58.7. The summed E-state index contributed by atoms with van der Waals surface area (Å²) in [7, 11) is 1.61. The summed E-state index contributed by atoms with van der Waals surface area (Å²) in [6.07, 6.45) is 0.969. The molecule has 0 atom stereocenters. The molecule has 0 fully saturated rings. The molecule has 0 aliphatic heterocycles. The van der Waals surface area contributed by atoms with Crippen molar-refractivity contribution in [3.05, 3.63) is 308 Å². The van der Waals surface area contributed by atoms with Gasteiger partial charge in [0.05, 0.1) is 52.2 Å². The summed E-state index contributed by atoms with van der Waals surface area (Å²) in [5, 5.41) is 3.49. The topological polar surface area (TPSA) is 133 Å². The molecule has 4 heterocycles. The van der Waals surface area contributed by atoms with E-state index in [1.807, 2.05) is 151 Å². The van der Waals surface area contributed by atoms with Crippen LogP contribution in [-0.2, 0) is 29.0 Å². The van der Waals surface area contributed by atoms with Crippen molar-refractivity contribution in [3.8, 4) is 22.3 Å². The second-order valence-electron chi connectivity index (χ2n) is 20.1. The Labute approximate surface area is 565 Å². The third-order valence-corrected chi connectivity index (χ3v) is 14.9. The second-order valence-corrected chi connectivity index (χ2v) is 20.6. The van der Waals surface area contributed by atoms with E-state index >= 15 is 0 Å². The van der Waals surface area contributed by atoms with Crippen molar-refractivity contribution in [3.63, 3.8) is 0 Å². The van der Waals surface area contributed by atoms with Gasteiger partial charge >= 0.3 is 52.6 Å². The molecular weight excluding hydrogens is 1200 g/mol. The summed E-state index contributed by atoms with van der Waals surface area (Å²) in [6.45, 7) is 2.97. The number of ketones is 2. The van der Waals surface area contributed by atoms with E-state index in [0.717, 1.165) is 72.1 Å². The van der Waals surface area contributed by atoms with Gasteiger partial charge in [-0.25, -0.2) is 9.97 Å². The van der Waals surface area contributed by atoms with Crippen molar-refractivity contribution >= 4 is 101 Å². The summed E-state index contributed by atoms with van der Waals surface area (Å²) >= 11 is 5.00. The quantitative estimate of drug-likeness (QED) is 0.0550. The largest absolute Gasteiger partial charge is 2.00 e. The number of para-hydroxylation sites is 4. The van der Waals surface area contributed by atoms with Crippen molar-refractivity contribution < 1.29 is 67.0 Å². The van der Waals surface area contributed by atoms with Gasteiger partial charge in [0.15, 0.2) is 10.9 Å². The van der Waals surface area contributed by atoms with E-state index in [1.165, 1.54) is 0 Å². The molecule has 428 valence electrons. The van der Waals surface area contributed by atoms with E-state index in [0.29, 0.717) is 81.5 Å². The maximum atomic E-state index is 13.2. The number of aromatic amines is 1. The number of hydrogen-bond acceptors (Lipinski definition) is 8. The molecule has 4 aromatic heterocycles. The average Bonchev–Trinajstić information content (AvgIpc) is 0.795. The maximum absolute atomic E-state index is 13.2. The molecule has 13 aromatic rings. The van der Waals surface area contributed by atoms with Crippen molar-refractivity contribution in [1.82, 2.24) is 19.5 Å². The van der Waals surface area contributed by atoms with Crippen LogP contribution in [0.3, 0.4) is 0 Å². The first-order valence-corrected chi connectivity index (χ1v) is 28.6. The number of pyridine rings is 4. The van der Waals surface area contributed by atoms with Gasteiger partial charge in [0, 0.05) is 86.3 Å². The minimum absolute atomic E-state index is 0. The molecule has 14 heteroatoms. The minimum atomic E-state index is -0.125. The molecule has 1 N–H and O–H groups in total. The van der Waals surface area contributed by atoms with Gasteiger partial charge in [0.25, 0.3) is 0 Å². The minimum Gasteiger partial charge on any atom is -1.00 e. The number of rotatable bonds is 7. The van der Waals surface area contributed by atoms with Crippen LogP contribution < -0.4 is 57.4 Å². The zero-order valence-electron chi connectivity index (χ0n) is 50.0. The third kappa shape index (κ3) is 14.1. The Morgan fingerprint density at radius 3 is 1.51 bits per heavy atom. The third-order valence-electron chi connectivity index (χ3n) is 14.9. The van der Waals surface area contributed by atoms with Gasteiger partial charge in [-0.05, 0) is 58.7 Å². The summed E-state index contributed by atoms with van der Waals surface area (Å²) in [5.74, 6) is 0.504. The van der Waals surface area contributed by atoms with Crippen LogP contribution in [-0.4, -0.2) is 80.3 Å². The van der Waals surface area contributed by atoms with E-state index in [-0.39, 0.29) is 100 Å². The van der Waals surface area contributed by atoms with Crippen molar-refractivity contribution in [1.29, 1.82) is 0 Å². The van der Waals surface area contributed by atoms with Gasteiger partial charge < -0.3 is 37.4 Å². The van der Waals surface area contributed by atoms with Crippen LogP contribution in [0.5, 0.6) is 0 Å². The maximum Gasteiger partial charge on any atom is 2.00 e. The Hall–Kier alpha value is -7.72. The number of benzene rings is 9. The predicted molar refractivity (Wildman–Crippen MR) is 350 cm³/mol. The van der Waals surface area contributed by atoms with Gasteiger partial charge in [-0.1, -0.05) is 177 Å². The van der Waals surface area contributed by atoms with Crippen molar-refractivity contribution in [2.24, 2.45) is 0 Å². The number of fused-ring (bicyclic) bond motifs is 9. The molecule has 10 nitrogen and oxygen atoms in total. The number of halogens is 2. The van der Waals surface area contributed by atoms with Crippen LogP contribution in [0.4, 0.5) is 0 Å². The predicted octanol–water partition coefficient (Wildman–Crippen LogP) is 9.16. The van der Waals surface area contributed by atoms with Crippen molar-refractivity contribution in [2.45, 2.75) is 26.5 Å². The number of hydrogen-bond donors (Lipinski definition) is 1. The molecule has 88 heavy (non-hydrogen) atoms. The molecule has 0 amide bonds. The first kappa shape index (κ1) is 66.2. The zero-order valence-corrected chi connectivity index (χ0v) is 54.8. The first-order valence-electron chi connectivity index (χ1n) is 28.1. The average molecular weight is 1260 g/mol. The number of ether oxygens (including phenoxy) is 2. The number of methoxy groups -OCH3 is 1. The molecule has 0 radical (unpaired) electrons. The van der Waals surface area contributed by atoms with Gasteiger partial charge in [0.2, 0.25) is 11.6 Å². The first-order chi connectivity index (χ1) is 41.8. The molecule has 15 rings (SSSR count). The van der Waals surface area contributed by atoms with E-state index in [1.54, 1.807) is 19.2 Å². The van der Waals surface area contributed by atoms with E-state index < -0.39 is 0 Å². The second kappa shape index (κ2) is 31.5. The number of alkyl halides is 1. The Morgan fingerprint density at radius 2 is 0.977 bits per heavy atom. The molecule has 0 bridgehead atoms. The number of aromatic nitrogens is 4. The molecule has 0 saturated heterocycles. The molecule has 2 aliphatic carbocycles. The number of carbonyl (C=O) groups is 2. The summed E-state index contributed by atoms with van der Waals surface area (Å²) in [4.78, 5) is 64.7. The van der Waals surface area contributed by atoms with Gasteiger partial charge in [-0.15, -0.1) is 11.6 Å². The van der Waals surface area contributed by atoms with Crippen LogP contribution >= 0.6 is 11.6 Å². The van der Waals surface area contributed by atoms with Crippen LogP contribution in [0.1, 0.15) is 62.7 Å². The SMILES string of the molecule is CCCl.COCCOCn1c2c(c(=O)c3ccccc31)Cc1ccccc1C2=O.O=C1c2ccccc2Cc2c1[nH]c1ccccc1c2=O.[Br-].[H-].[Mg+2].[Na+].[c-]1ccccc1.c1ccc(-c2c3ccccc3nc3c(-c4ccccc4)c4ccccc4nc23)cc1. The summed E-state index contributed by atoms with van der Waals surface area (Å²) in [6, 6.07) is 79.8. The van der Waals surface area contributed by atoms with Crippen LogP contribution in [0.2, 0.25) is 0 Å². The molecule has 0 saturated carbocycles. The fraction of sp³-hybridized carbons (Fsp3) is 0.108. The van der Waals surface area contributed by atoms with E-state index in [4.69, 9.17) is 31.0 Å². The van der Waals surface area contributed by atoms with Gasteiger partial charge in [-0.2, -0.15) is 36.4 Å². The molecule has 2 aliphatic rings. The van der Waals surface area contributed by atoms with Crippen LogP contribution in [0.25, 0.3) is 76.9 Å². The fourth-order valence-corrected chi connectivity index (χ4v) is 11.0. The smallest absolute Gasteiger partial charge is 1.00 e. The number of nitrogens with one attached hydrogen (secondary N) is 1. The number of H-pyrrole nitrogens is 1. The molecule has 0 spiro atoms.